The summed E-state index contributed by atoms with van der Waals surface area (Å²) >= 11 is 0. The Hall–Kier alpha value is -1.79. The highest BCUT2D eigenvalue weighted by atomic mass is 16.6. The number of hydrogen-bond donors (Lipinski definition) is 6. The van der Waals surface area contributed by atoms with Gasteiger partial charge in [0.05, 0.1) is 6.61 Å². The molecule has 112 valence electrons. The van der Waals surface area contributed by atoms with Crippen LogP contribution in [0.1, 0.15) is 6.23 Å². The molecule has 6 N–H and O–H groups in total. The Morgan fingerprint density at radius 3 is 2.05 bits per heavy atom. The zero-order valence-electron chi connectivity index (χ0n) is 9.96. The Kier molecular flexibility index (Phi) is 3.87. The Balaban J connectivity index is 2.49. The van der Waals surface area contributed by atoms with E-state index in [-0.39, 0.29) is 0 Å². The molecule has 1 fully saturated rings. The maximum Gasteiger partial charge on any atom is 0.335 e. The molecule has 0 aliphatic carbocycles. The number of ether oxygens (including phenoxy) is 1. The van der Waals surface area contributed by atoms with Crippen LogP contribution in [0, 0.1) is 0 Å². The number of nitrogens with one attached hydrogen (secondary N) is 2. The number of hydrogen-bond acceptors (Lipinski definition) is 8. The first kappa shape index (κ1) is 14.6. The van der Waals surface area contributed by atoms with E-state index in [1.165, 1.54) is 0 Å². The quantitative estimate of drug-likeness (QED) is 0.314. The van der Waals surface area contributed by atoms with Crippen LogP contribution in [0.3, 0.4) is 0 Å². The second kappa shape index (κ2) is 5.30. The van der Waals surface area contributed by atoms with Crippen molar-refractivity contribution in [3.63, 3.8) is 0 Å². The third-order valence-electron chi connectivity index (χ3n) is 3.00. The molecule has 11 heteroatoms. The fraction of sp³-hybridized carbons (Fsp3) is 0.667. The van der Waals surface area contributed by atoms with Gasteiger partial charge in [-0.05, 0) is 0 Å². The molecule has 0 bridgehead atoms. The van der Waals surface area contributed by atoms with Crippen molar-refractivity contribution in [3.05, 3.63) is 31.5 Å². The molecule has 0 radical (unpaired) electrons. The summed E-state index contributed by atoms with van der Waals surface area (Å²) in [6.45, 7) is -0.711. The predicted molar refractivity (Wildman–Crippen MR) is 61.0 cm³/mol. The van der Waals surface area contributed by atoms with Crippen LogP contribution in [0.4, 0.5) is 0 Å². The van der Waals surface area contributed by atoms with E-state index >= 15 is 0 Å². The van der Waals surface area contributed by atoms with Crippen molar-refractivity contribution in [2.45, 2.75) is 30.6 Å². The fourth-order valence-electron chi connectivity index (χ4n) is 1.96. The second-order valence-corrected chi connectivity index (χ2v) is 4.28. The highest BCUT2D eigenvalue weighted by Crippen LogP contribution is 2.26. The molecule has 1 aliphatic heterocycles. The van der Waals surface area contributed by atoms with Crippen LogP contribution >= 0.6 is 0 Å². The Bertz CT molecular complexity index is 611. The lowest BCUT2D eigenvalue weighted by molar-refractivity contribution is -0.253. The van der Waals surface area contributed by atoms with E-state index < -0.39 is 54.3 Å². The number of H-pyrrole nitrogens is 2. The van der Waals surface area contributed by atoms with Crippen molar-refractivity contribution in [2.75, 3.05) is 6.61 Å². The molecule has 1 aliphatic rings. The van der Waals surface area contributed by atoms with Crippen molar-refractivity contribution < 1.29 is 25.2 Å². The van der Waals surface area contributed by atoms with Crippen LogP contribution in [-0.2, 0) is 4.74 Å². The van der Waals surface area contributed by atoms with Gasteiger partial charge in [0, 0.05) is 0 Å². The normalized spacial score (nSPS) is 34.1. The van der Waals surface area contributed by atoms with Gasteiger partial charge in [0.2, 0.25) is 0 Å². The summed E-state index contributed by atoms with van der Waals surface area (Å²) in [4.78, 5) is 37.6. The molecule has 20 heavy (non-hydrogen) atoms. The number of aromatic amines is 2. The first-order valence-corrected chi connectivity index (χ1v) is 5.62. The van der Waals surface area contributed by atoms with E-state index in [9.17, 15) is 29.7 Å². The predicted octanol–water partition coefficient (Wildman–Crippen LogP) is -4.80. The molecule has 5 atom stereocenters. The summed E-state index contributed by atoms with van der Waals surface area (Å²) in [5.74, 6) is 0. The average molecular weight is 291 g/mol. The summed E-state index contributed by atoms with van der Waals surface area (Å²) in [6.07, 6.45) is -8.12. The summed E-state index contributed by atoms with van der Waals surface area (Å²) in [7, 11) is 0. The maximum atomic E-state index is 11.6. The van der Waals surface area contributed by atoms with Crippen LogP contribution in [0.2, 0.25) is 0 Å². The minimum atomic E-state index is -1.81. The monoisotopic (exact) mass is 291 g/mol. The zero-order valence-corrected chi connectivity index (χ0v) is 9.96. The molecule has 1 aromatic heterocycles. The van der Waals surface area contributed by atoms with Gasteiger partial charge in [-0.3, -0.25) is 9.97 Å². The summed E-state index contributed by atoms with van der Waals surface area (Å²) in [5.41, 5.74) is -3.37. The van der Waals surface area contributed by atoms with E-state index in [2.05, 4.69) is 0 Å². The van der Waals surface area contributed by atoms with E-state index in [4.69, 9.17) is 9.84 Å². The number of rotatable bonds is 2. The lowest BCUT2D eigenvalue weighted by Gasteiger charge is -2.39. The van der Waals surface area contributed by atoms with Crippen molar-refractivity contribution >= 4 is 0 Å². The summed E-state index contributed by atoms with van der Waals surface area (Å²) in [6, 6.07) is 0. The lowest BCUT2D eigenvalue weighted by atomic mass is 9.98. The Labute approximate surface area is 109 Å². The van der Waals surface area contributed by atoms with Crippen molar-refractivity contribution in [1.82, 2.24) is 14.5 Å². The molecule has 11 nitrogen and oxygen atoms in total. The van der Waals surface area contributed by atoms with Crippen molar-refractivity contribution in [1.29, 1.82) is 0 Å². The molecular formula is C9H13N3O8. The van der Waals surface area contributed by atoms with Gasteiger partial charge < -0.3 is 25.2 Å². The SMILES string of the molecule is O=c1[nH]c(=O)n([C@@H]2O[C@H](CO)[C@@H](O)[C@H](O)[C@H]2O)c(=O)[nH]1. The molecular weight excluding hydrogens is 278 g/mol. The van der Waals surface area contributed by atoms with Crippen molar-refractivity contribution in [3.8, 4) is 0 Å². The van der Waals surface area contributed by atoms with Crippen LogP contribution in [0.25, 0.3) is 0 Å². The molecule has 2 heterocycles. The maximum absolute atomic E-state index is 11.6. The molecule has 2 rings (SSSR count). The van der Waals surface area contributed by atoms with Crippen LogP contribution in [-0.4, -0.2) is 66.0 Å². The van der Waals surface area contributed by atoms with Crippen LogP contribution in [0.5, 0.6) is 0 Å². The molecule has 1 aromatic rings. The third-order valence-corrected chi connectivity index (χ3v) is 3.00. The molecule has 0 aromatic carbocycles. The molecule has 0 spiro atoms. The van der Waals surface area contributed by atoms with E-state index in [1.54, 1.807) is 9.97 Å². The molecule has 0 saturated carbocycles. The highest BCUT2D eigenvalue weighted by molar-refractivity contribution is 4.91. The highest BCUT2D eigenvalue weighted by Gasteiger charge is 2.45. The second-order valence-electron chi connectivity index (χ2n) is 4.28. The van der Waals surface area contributed by atoms with Crippen LogP contribution in [0.15, 0.2) is 14.4 Å². The van der Waals surface area contributed by atoms with Crippen molar-refractivity contribution in [2.24, 2.45) is 0 Å². The first-order chi connectivity index (χ1) is 9.36. The van der Waals surface area contributed by atoms with Gasteiger partial charge in [0.15, 0.2) is 6.23 Å². The van der Waals surface area contributed by atoms with E-state index in [0.717, 1.165) is 0 Å². The smallest absolute Gasteiger partial charge is 0.335 e. The fourth-order valence-corrected chi connectivity index (χ4v) is 1.96. The van der Waals surface area contributed by atoms with Gasteiger partial charge in [0.1, 0.15) is 24.4 Å². The van der Waals surface area contributed by atoms with Gasteiger partial charge in [0.25, 0.3) is 0 Å². The van der Waals surface area contributed by atoms with E-state index in [0.29, 0.717) is 4.57 Å². The minimum absolute atomic E-state index is 0.337. The Morgan fingerprint density at radius 1 is 1.00 bits per heavy atom. The first-order valence-electron chi connectivity index (χ1n) is 5.62. The average Bonchev–Trinajstić information content (AvgIpc) is 2.37. The van der Waals surface area contributed by atoms with Gasteiger partial charge in [-0.15, -0.1) is 0 Å². The Morgan fingerprint density at radius 2 is 1.55 bits per heavy atom. The van der Waals surface area contributed by atoms with Crippen LogP contribution < -0.4 is 17.1 Å². The topological polar surface area (TPSA) is 178 Å². The minimum Gasteiger partial charge on any atom is -0.394 e. The summed E-state index contributed by atoms with van der Waals surface area (Å²) < 4.78 is 5.37. The largest absolute Gasteiger partial charge is 0.394 e. The number of aromatic nitrogens is 3. The third kappa shape index (κ3) is 2.32. The van der Waals surface area contributed by atoms with E-state index in [1.807, 2.05) is 0 Å². The number of nitrogens with zero attached hydrogens (tertiary/aromatic N) is 1. The van der Waals surface area contributed by atoms with Gasteiger partial charge in [-0.1, -0.05) is 0 Å². The molecule has 0 unspecified atom stereocenters. The summed E-state index contributed by atoms with van der Waals surface area (Å²) in [5, 5.41) is 37.9. The zero-order chi connectivity index (χ0) is 15.0. The molecule has 0 amide bonds. The van der Waals surface area contributed by atoms with Gasteiger partial charge in [-0.2, -0.15) is 0 Å². The lowest BCUT2D eigenvalue weighted by Crippen LogP contribution is -2.60. The standard InChI is InChI=1S/C9H13N3O8/c13-1-2-3(14)4(15)5(16)6(20-2)12-8(18)10-7(17)11-9(12)19/h2-6,13-16H,1H2,(H2,10,11,17,18,19)/t2-,3-,4+,5-,6-/m1/s1. The van der Waals surface area contributed by atoms with Gasteiger partial charge >= 0.3 is 17.1 Å². The number of aliphatic hydroxyl groups excluding tert-OH is 4. The number of aliphatic hydroxyl groups is 4. The molecule has 1 saturated heterocycles. The van der Waals surface area contributed by atoms with Gasteiger partial charge in [-0.25, -0.2) is 19.0 Å².